The van der Waals surface area contributed by atoms with E-state index in [2.05, 4.69) is 390 Å². The van der Waals surface area contributed by atoms with E-state index in [1.54, 1.807) is 0 Å². The average Bonchev–Trinajstić information content (AvgIpc) is 1.59. The largest absolute Gasteiger partial charge is 0.455 e. The molecule has 0 spiro atoms. The van der Waals surface area contributed by atoms with Gasteiger partial charge in [0.1, 0.15) is 11.2 Å². The molecule has 0 saturated heterocycles. The molecular weight excluding hydrogens is 1750 g/mol. The maximum absolute atomic E-state index is 6.40. The summed E-state index contributed by atoms with van der Waals surface area (Å²) < 4.78 is 20.9. The van der Waals surface area contributed by atoms with Crippen LogP contribution in [-0.2, 0) is 0 Å². The van der Waals surface area contributed by atoms with Gasteiger partial charge < -0.3 is 4.42 Å². The van der Waals surface area contributed by atoms with Gasteiger partial charge >= 0.3 is 0 Å². The van der Waals surface area contributed by atoms with Gasteiger partial charge in [0, 0.05) is 144 Å². The van der Waals surface area contributed by atoms with Crippen LogP contribution in [0.1, 0.15) is 0 Å². The molecule has 0 aliphatic heterocycles. The molecule has 0 amide bonds. The summed E-state index contributed by atoms with van der Waals surface area (Å²) in [6.07, 6.45) is 3.73. The van der Waals surface area contributed by atoms with Crippen molar-refractivity contribution in [3.05, 3.63) is 467 Å². The Morgan fingerprint density at radius 2 is 0.482 bits per heavy atom. The van der Waals surface area contributed by atoms with Crippen LogP contribution in [-0.4, -0.2) is 43.6 Å². The number of hydrogen-bond acceptors (Lipinski definition) is 10. The van der Waals surface area contributed by atoms with Crippen molar-refractivity contribution in [3.63, 3.8) is 0 Å². The number of furan rings is 1. The van der Waals surface area contributed by atoms with Crippen LogP contribution in [0.3, 0.4) is 0 Å². The minimum atomic E-state index is 0.642. The highest BCUT2D eigenvalue weighted by molar-refractivity contribution is 7.27. The molecule has 0 N–H and O–H groups in total. The van der Waals surface area contributed by atoms with Gasteiger partial charge in [0.25, 0.3) is 0 Å². The molecule has 19 aromatic carbocycles. The summed E-state index contributed by atoms with van der Waals surface area (Å²) in [7, 11) is 0. The Morgan fingerprint density at radius 3 is 0.942 bits per heavy atom. The SMILES string of the molecule is c1ccc(-c2cc(-c3ccccc3)nc(-n3c4ccccc4c4cc(-c5cccc6c5oc5ccccc56)ccc43)n2)cc1.c1ccc(-c2ccc3c(c2)c2cc(-c4cccc5c4sc4ccccc45)ccc2n3-c2nccc(-c3ccccc3)n2)cc1.c1ccc2c(c1)sc1c(-c3ccc(-c4ccnc(-n5c6ccccc6c6cc(-c7cccc8c7sc7ccccc78)ccc65)n4)cc3)cccc12. The van der Waals surface area contributed by atoms with Crippen LogP contribution in [0.4, 0.5) is 0 Å². The molecular formula is C126H77N9OS3. The predicted molar refractivity (Wildman–Crippen MR) is 584 cm³/mol. The van der Waals surface area contributed by atoms with Crippen LogP contribution in [0, 0.1) is 0 Å². The van der Waals surface area contributed by atoms with E-state index >= 15 is 0 Å². The van der Waals surface area contributed by atoms with Crippen molar-refractivity contribution in [1.29, 1.82) is 0 Å². The number of fused-ring (bicyclic) bond motifs is 21. The van der Waals surface area contributed by atoms with Gasteiger partial charge in [-0.05, 0) is 153 Å². The maximum atomic E-state index is 6.40. The van der Waals surface area contributed by atoms with Crippen molar-refractivity contribution in [1.82, 2.24) is 43.6 Å². The second-order valence-corrected chi connectivity index (χ2v) is 38.2. The van der Waals surface area contributed by atoms with Crippen LogP contribution in [0.15, 0.2) is 472 Å². The monoisotopic (exact) mass is 1830 g/mol. The van der Waals surface area contributed by atoms with Gasteiger partial charge in [-0.2, -0.15) is 0 Å². The van der Waals surface area contributed by atoms with Crippen molar-refractivity contribution >= 4 is 182 Å². The molecule has 10 aromatic heterocycles. The molecule has 10 heterocycles. The zero-order chi connectivity index (χ0) is 91.5. The number of aromatic nitrogens is 9. The van der Waals surface area contributed by atoms with E-state index in [1.165, 1.54) is 127 Å². The Hall–Kier alpha value is -17.7. The van der Waals surface area contributed by atoms with Crippen LogP contribution < -0.4 is 0 Å². The quantitative estimate of drug-likeness (QED) is 0.120. The van der Waals surface area contributed by atoms with E-state index in [9.17, 15) is 0 Å². The molecule has 0 saturated carbocycles. The zero-order valence-corrected chi connectivity index (χ0v) is 77.1. The fourth-order valence-corrected chi connectivity index (χ4v) is 24.3. The minimum absolute atomic E-state index is 0.642. The Morgan fingerprint density at radius 1 is 0.180 bits per heavy atom. The highest BCUT2D eigenvalue weighted by atomic mass is 32.1. The third-order valence-electron chi connectivity index (χ3n) is 27.1. The molecule has 0 aliphatic rings. The topological polar surface area (TPSA) is 105 Å². The number of hydrogen-bond donors (Lipinski definition) is 0. The lowest BCUT2D eigenvalue weighted by Crippen LogP contribution is -2.03. The van der Waals surface area contributed by atoms with Gasteiger partial charge in [-0.3, -0.25) is 13.7 Å². The summed E-state index contributed by atoms with van der Waals surface area (Å²) >= 11 is 5.60. The lowest BCUT2D eigenvalue weighted by molar-refractivity contribution is 0.670. The zero-order valence-electron chi connectivity index (χ0n) is 74.6. The Bertz CT molecular complexity index is 9870. The first kappa shape index (κ1) is 80.9. The van der Waals surface area contributed by atoms with Gasteiger partial charge in [0.2, 0.25) is 17.8 Å². The molecule has 0 bridgehead atoms. The van der Waals surface area contributed by atoms with Crippen LogP contribution in [0.2, 0.25) is 0 Å². The molecule has 0 unspecified atom stereocenters. The smallest absolute Gasteiger partial charge is 0.235 e. The van der Waals surface area contributed by atoms with E-state index in [0.717, 1.165) is 122 Å². The Balaban J connectivity index is 0.000000105. The first-order valence-corrected chi connectivity index (χ1v) is 49.0. The summed E-state index contributed by atoms with van der Waals surface area (Å²) in [4.78, 5) is 30.2. The van der Waals surface area contributed by atoms with Gasteiger partial charge in [-0.1, -0.05) is 352 Å². The van der Waals surface area contributed by atoms with Crippen LogP contribution >= 0.6 is 34.0 Å². The van der Waals surface area contributed by atoms with E-state index in [0.29, 0.717) is 17.8 Å². The fourth-order valence-electron chi connectivity index (χ4n) is 20.5. The second kappa shape index (κ2) is 33.7. The molecule has 650 valence electrons. The van der Waals surface area contributed by atoms with Crippen molar-refractivity contribution in [2.45, 2.75) is 0 Å². The summed E-state index contributed by atoms with van der Waals surface area (Å²) in [5.41, 5.74) is 28.0. The highest BCUT2D eigenvalue weighted by Crippen LogP contribution is 2.48. The molecule has 0 fully saturated rings. The summed E-state index contributed by atoms with van der Waals surface area (Å²) in [5.74, 6) is 1.97. The van der Waals surface area contributed by atoms with E-state index in [4.69, 9.17) is 34.3 Å². The molecule has 13 heteroatoms. The number of para-hydroxylation sites is 4. The maximum Gasteiger partial charge on any atom is 0.235 e. The van der Waals surface area contributed by atoms with Crippen LogP contribution in [0.25, 0.3) is 266 Å². The normalized spacial score (nSPS) is 11.7. The van der Waals surface area contributed by atoms with E-state index in [-0.39, 0.29) is 0 Å². The minimum Gasteiger partial charge on any atom is -0.455 e. The number of nitrogens with zero attached hydrogens (tertiary/aromatic N) is 9. The number of rotatable bonds is 12. The second-order valence-electron chi connectivity index (χ2n) is 35.1. The highest BCUT2D eigenvalue weighted by Gasteiger charge is 2.25. The standard InChI is InChI=1S/C46H27N3S2.C40H25N3O.C40H25N3S/c1-4-16-40-33(9-1)38-27-30(32-13-8-15-37-35-11-3-6-18-43(35)51-45(32)37)23-24-41(38)49(40)46-47-26-25-39(48-46)29-21-19-28(20-22-29)31-12-7-14-36-34-10-2-5-17-42(34)50-44(31)36;1-3-12-26(13-4-1)34-25-35(27-14-5-2-6-15-27)42-40(41-34)43-36-20-9-7-16-30(36)33-24-28(22-23-37(33)43)29-18-11-19-32-31-17-8-10-21-38(31)44-39(29)32;1-3-10-26(11-4-1)28-18-20-36-33(24-28)34-25-29(30-15-9-16-32-31-14-7-8-17-38(31)44-39(30)32)19-21-37(34)43(36)40-41-23-22-35(42-40)27-12-5-2-6-13-27/h1-27H;2*1-25H. The van der Waals surface area contributed by atoms with Crippen molar-refractivity contribution in [3.8, 4) is 119 Å². The Labute approximate surface area is 809 Å². The predicted octanol–water partition coefficient (Wildman–Crippen LogP) is 34.7. The summed E-state index contributed by atoms with van der Waals surface area (Å²) in [5, 5.41) is 17.2. The fraction of sp³-hybridized carbons (Fsp3) is 0. The molecule has 0 aliphatic carbocycles. The lowest BCUT2D eigenvalue weighted by Gasteiger charge is -2.12. The van der Waals surface area contributed by atoms with E-state index < -0.39 is 0 Å². The number of benzene rings is 19. The summed E-state index contributed by atoms with van der Waals surface area (Å²) in [6, 6.07) is 161. The lowest BCUT2D eigenvalue weighted by atomic mass is 9.99. The van der Waals surface area contributed by atoms with Crippen molar-refractivity contribution in [2.24, 2.45) is 0 Å². The first-order valence-electron chi connectivity index (χ1n) is 46.6. The molecule has 29 rings (SSSR count). The van der Waals surface area contributed by atoms with Gasteiger partial charge in [-0.25, -0.2) is 29.9 Å². The van der Waals surface area contributed by atoms with Crippen LogP contribution in [0.5, 0.6) is 0 Å². The van der Waals surface area contributed by atoms with Crippen molar-refractivity contribution < 1.29 is 4.42 Å². The average molecular weight is 1830 g/mol. The van der Waals surface area contributed by atoms with E-state index in [1.807, 2.05) is 125 Å². The number of thiophene rings is 3. The van der Waals surface area contributed by atoms with Crippen molar-refractivity contribution in [2.75, 3.05) is 0 Å². The third kappa shape index (κ3) is 14.0. The molecule has 10 nitrogen and oxygen atoms in total. The molecule has 0 radical (unpaired) electrons. The third-order valence-corrected chi connectivity index (χ3v) is 30.7. The first-order chi connectivity index (χ1) is 68.9. The van der Waals surface area contributed by atoms with Gasteiger partial charge in [-0.15, -0.1) is 34.0 Å². The molecule has 29 aromatic rings. The molecule has 139 heavy (non-hydrogen) atoms. The van der Waals surface area contributed by atoms with Gasteiger partial charge in [0.05, 0.1) is 55.9 Å². The Kier molecular flexibility index (Phi) is 19.6. The summed E-state index contributed by atoms with van der Waals surface area (Å²) in [6.45, 7) is 0. The molecule has 0 atom stereocenters. The van der Waals surface area contributed by atoms with Gasteiger partial charge in [0.15, 0.2) is 0 Å².